The summed E-state index contributed by atoms with van der Waals surface area (Å²) in [5.41, 5.74) is 1.75. The van der Waals surface area contributed by atoms with Gasteiger partial charge in [0.1, 0.15) is 36.0 Å². The molecule has 0 bridgehead atoms. The fraction of sp³-hybridized carbons (Fsp3) is 0.375. The first-order valence-corrected chi connectivity index (χ1v) is 8.43. The van der Waals surface area contributed by atoms with Crippen LogP contribution in [0.15, 0.2) is 24.3 Å². The molecule has 0 amide bonds. The Morgan fingerprint density at radius 3 is 2.46 bits per heavy atom. The summed E-state index contributed by atoms with van der Waals surface area (Å²) in [6.45, 7) is -0.834. The van der Waals surface area contributed by atoms with E-state index in [0.717, 1.165) is 15.4 Å². The van der Waals surface area contributed by atoms with E-state index in [4.69, 9.17) is 5.11 Å². The lowest BCUT2D eigenvalue weighted by Gasteiger charge is -2.27. The summed E-state index contributed by atoms with van der Waals surface area (Å²) < 4.78 is 1.12. The van der Waals surface area contributed by atoms with Crippen molar-refractivity contribution >= 4 is 27.8 Å². The first-order valence-electron chi connectivity index (χ1n) is 8.43. The molecule has 12 nitrogen and oxygen atoms in total. The maximum Gasteiger partial charge on any atom is 0.274 e. The molecule has 4 aromatic rings. The number of hydrogen-bond donors (Lipinski definition) is 7. The molecule has 0 aliphatic rings. The molecule has 1 aromatic carbocycles. The normalized spacial score (nSPS) is 17.8. The Labute approximate surface area is 156 Å². The number of H-pyrrole nitrogens is 1. The van der Waals surface area contributed by atoms with Gasteiger partial charge in [0.25, 0.3) is 5.78 Å². The number of aliphatic hydroxyl groups is 6. The number of para-hydroxylation sites is 1. The summed E-state index contributed by atoms with van der Waals surface area (Å²) in [4.78, 5) is 7.38. The number of nitrogens with zero attached hydrogens (tertiary/aromatic N) is 5. The lowest BCUT2D eigenvalue weighted by molar-refractivity contribution is -0.142. The van der Waals surface area contributed by atoms with Crippen LogP contribution in [-0.4, -0.2) is 91.4 Å². The third-order valence-corrected chi connectivity index (χ3v) is 4.59. The van der Waals surface area contributed by atoms with Gasteiger partial charge in [-0.25, -0.2) is 0 Å². The smallest absolute Gasteiger partial charge is 0.274 e. The van der Waals surface area contributed by atoms with Crippen LogP contribution in [0.5, 0.6) is 0 Å². The highest BCUT2D eigenvalue weighted by Crippen LogP contribution is 2.24. The molecule has 12 heteroatoms. The standard InChI is InChI=1S/C16H18N6O6/c23-5-8(24)10(25)11(26)12(27)13(28)15-19-20-16-18-14-9(21-22(15)16)6-3-1-2-4-7(6)17-14/h1-4,8,10-13,23-28H,5H2,(H,17,18,20)/t8?,10-,11-,12-,13+/m1/s1. The van der Waals surface area contributed by atoms with Crippen LogP contribution >= 0.6 is 0 Å². The van der Waals surface area contributed by atoms with Gasteiger partial charge in [-0.15, -0.1) is 10.2 Å². The highest BCUT2D eigenvalue weighted by atomic mass is 16.4. The van der Waals surface area contributed by atoms with E-state index in [-0.39, 0.29) is 11.6 Å². The van der Waals surface area contributed by atoms with Crippen molar-refractivity contribution in [2.24, 2.45) is 0 Å². The zero-order valence-corrected chi connectivity index (χ0v) is 14.3. The number of nitrogens with one attached hydrogen (secondary N) is 1. The number of hydrogen-bond acceptors (Lipinski definition) is 10. The zero-order chi connectivity index (χ0) is 20.0. The third kappa shape index (κ3) is 2.88. The monoisotopic (exact) mass is 390 g/mol. The van der Waals surface area contributed by atoms with Crippen molar-refractivity contribution < 1.29 is 30.6 Å². The van der Waals surface area contributed by atoms with Crippen LogP contribution < -0.4 is 0 Å². The Balaban J connectivity index is 1.74. The van der Waals surface area contributed by atoms with Crippen molar-refractivity contribution in [2.75, 3.05) is 6.61 Å². The van der Waals surface area contributed by atoms with E-state index in [0.29, 0.717) is 11.2 Å². The Morgan fingerprint density at radius 1 is 0.964 bits per heavy atom. The maximum absolute atomic E-state index is 10.4. The fourth-order valence-electron chi connectivity index (χ4n) is 3.01. The second-order valence-corrected chi connectivity index (χ2v) is 6.42. The lowest BCUT2D eigenvalue weighted by atomic mass is 9.99. The Hall–Kier alpha value is -2.74. The minimum absolute atomic E-state index is 0.0470. The van der Waals surface area contributed by atoms with Crippen LogP contribution in [0.4, 0.5) is 0 Å². The van der Waals surface area contributed by atoms with Crippen molar-refractivity contribution in [3.8, 4) is 0 Å². The number of fused-ring (bicyclic) bond motifs is 4. The van der Waals surface area contributed by atoms with Gasteiger partial charge in [0.05, 0.1) is 6.61 Å². The average Bonchev–Trinajstić information content (AvgIpc) is 3.29. The van der Waals surface area contributed by atoms with Gasteiger partial charge in [-0.05, 0) is 6.07 Å². The molecule has 0 saturated carbocycles. The molecule has 5 atom stereocenters. The van der Waals surface area contributed by atoms with Crippen molar-refractivity contribution in [1.82, 2.24) is 29.8 Å². The number of aromatic nitrogens is 6. The van der Waals surface area contributed by atoms with Gasteiger partial charge in [0.2, 0.25) is 0 Å². The van der Waals surface area contributed by atoms with Gasteiger partial charge in [0.15, 0.2) is 11.5 Å². The van der Waals surface area contributed by atoms with Crippen LogP contribution in [-0.2, 0) is 0 Å². The average molecular weight is 390 g/mol. The highest BCUT2D eigenvalue weighted by molar-refractivity contribution is 6.03. The molecule has 28 heavy (non-hydrogen) atoms. The summed E-state index contributed by atoms with van der Waals surface area (Å²) in [6.07, 6.45) is -9.29. The van der Waals surface area contributed by atoms with Gasteiger partial charge in [-0.1, -0.05) is 18.2 Å². The van der Waals surface area contributed by atoms with Crippen LogP contribution in [0.2, 0.25) is 0 Å². The summed E-state index contributed by atoms with van der Waals surface area (Å²) >= 11 is 0. The van der Waals surface area contributed by atoms with Crippen molar-refractivity contribution in [3.63, 3.8) is 0 Å². The molecular weight excluding hydrogens is 372 g/mol. The van der Waals surface area contributed by atoms with Gasteiger partial charge >= 0.3 is 0 Å². The molecule has 0 aliphatic heterocycles. The number of rotatable bonds is 6. The second-order valence-electron chi connectivity index (χ2n) is 6.42. The number of aliphatic hydroxyl groups excluding tert-OH is 6. The SMILES string of the molecule is OCC(O)[C@@H](O)[C@@H](O)[C@@H](O)[C@H](O)c1nnc2nc3[nH]c4ccccc4c3nn12. The van der Waals surface area contributed by atoms with Crippen LogP contribution in [0.1, 0.15) is 11.9 Å². The van der Waals surface area contributed by atoms with Crippen LogP contribution in [0, 0.1) is 0 Å². The van der Waals surface area contributed by atoms with Gasteiger partial charge in [0, 0.05) is 10.9 Å². The number of aromatic amines is 1. The van der Waals surface area contributed by atoms with E-state index in [2.05, 4.69) is 25.3 Å². The first kappa shape index (κ1) is 18.6. The largest absolute Gasteiger partial charge is 0.394 e. The molecule has 0 radical (unpaired) electrons. The maximum atomic E-state index is 10.4. The molecule has 3 aromatic heterocycles. The molecule has 4 rings (SSSR count). The van der Waals surface area contributed by atoms with E-state index in [1.54, 1.807) is 0 Å². The topological polar surface area (TPSA) is 193 Å². The van der Waals surface area contributed by atoms with Crippen LogP contribution in [0.3, 0.4) is 0 Å². The minimum Gasteiger partial charge on any atom is -0.394 e. The first-order chi connectivity index (χ1) is 13.4. The van der Waals surface area contributed by atoms with E-state index >= 15 is 0 Å². The second kappa shape index (κ2) is 7.01. The van der Waals surface area contributed by atoms with E-state index in [9.17, 15) is 25.5 Å². The summed E-state index contributed by atoms with van der Waals surface area (Å²) in [5, 5.41) is 71.3. The summed E-state index contributed by atoms with van der Waals surface area (Å²) in [7, 11) is 0. The predicted molar refractivity (Wildman–Crippen MR) is 94.0 cm³/mol. The molecule has 148 valence electrons. The molecule has 0 saturated heterocycles. The van der Waals surface area contributed by atoms with Gasteiger partial charge < -0.3 is 35.6 Å². The molecular formula is C16H18N6O6. The molecule has 0 aliphatic carbocycles. The fourth-order valence-corrected chi connectivity index (χ4v) is 3.01. The molecule has 3 heterocycles. The van der Waals surface area contributed by atoms with Crippen molar-refractivity contribution in [1.29, 1.82) is 0 Å². The Morgan fingerprint density at radius 2 is 1.71 bits per heavy atom. The van der Waals surface area contributed by atoms with Gasteiger partial charge in [-0.2, -0.15) is 14.6 Å². The number of benzene rings is 1. The van der Waals surface area contributed by atoms with Crippen LogP contribution in [0.25, 0.3) is 27.8 Å². The Kier molecular flexibility index (Phi) is 4.66. The third-order valence-electron chi connectivity index (χ3n) is 4.59. The highest BCUT2D eigenvalue weighted by Gasteiger charge is 2.37. The van der Waals surface area contributed by atoms with Gasteiger partial charge in [-0.3, -0.25) is 0 Å². The zero-order valence-electron chi connectivity index (χ0n) is 14.3. The molecule has 7 N–H and O–H groups in total. The quantitative estimate of drug-likeness (QED) is 0.187. The minimum atomic E-state index is -1.96. The summed E-state index contributed by atoms with van der Waals surface area (Å²) in [6, 6.07) is 7.37. The summed E-state index contributed by atoms with van der Waals surface area (Å²) in [5.74, 6) is -0.169. The van der Waals surface area contributed by atoms with E-state index in [1.165, 1.54) is 0 Å². The molecule has 1 unspecified atom stereocenters. The van der Waals surface area contributed by atoms with E-state index in [1.807, 2.05) is 24.3 Å². The van der Waals surface area contributed by atoms with E-state index < -0.39 is 37.1 Å². The Bertz CT molecular complexity index is 1130. The predicted octanol–water partition coefficient (Wildman–Crippen LogP) is -2.38. The molecule has 0 fully saturated rings. The molecule has 0 spiro atoms. The van der Waals surface area contributed by atoms with Crippen molar-refractivity contribution in [3.05, 3.63) is 30.1 Å². The van der Waals surface area contributed by atoms with Crippen molar-refractivity contribution in [2.45, 2.75) is 30.5 Å². The lowest BCUT2D eigenvalue weighted by Crippen LogP contribution is -2.48.